The Kier molecular flexibility index (Phi) is 2.44. The second kappa shape index (κ2) is 3.91. The molecule has 1 heterocycles. The van der Waals surface area contributed by atoms with E-state index in [9.17, 15) is 4.79 Å². The van der Waals surface area contributed by atoms with Crippen LogP contribution in [0.15, 0.2) is 41.0 Å². The van der Waals surface area contributed by atoms with Gasteiger partial charge in [0, 0.05) is 5.56 Å². The lowest BCUT2D eigenvalue weighted by atomic mass is 10.1. The van der Waals surface area contributed by atoms with Crippen LogP contribution < -0.4 is 0 Å². The van der Waals surface area contributed by atoms with Gasteiger partial charge in [0.2, 0.25) is 0 Å². The quantitative estimate of drug-likeness (QED) is 0.831. The van der Waals surface area contributed by atoms with Gasteiger partial charge in [-0.2, -0.15) is 5.26 Å². The van der Waals surface area contributed by atoms with Crippen LogP contribution in [0.3, 0.4) is 0 Å². The molecule has 0 fully saturated rings. The first-order valence-corrected chi connectivity index (χ1v) is 4.53. The van der Waals surface area contributed by atoms with Gasteiger partial charge in [0.05, 0.1) is 17.2 Å². The summed E-state index contributed by atoms with van der Waals surface area (Å²) in [5.74, 6) is -0.596. The Morgan fingerprint density at radius 3 is 2.81 bits per heavy atom. The van der Waals surface area contributed by atoms with Crippen molar-refractivity contribution < 1.29 is 14.3 Å². The maximum atomic E-state index is 10.7. The topological polar surface area (TPSA) is 74.2 Å². The molecule has 1 N–H and O–H groups in total. The fourth-order valence-electron chi connectivity index (χ4n) is 1.34. The molecule has 0 bridgehead atoms. The van der Waals surface area contributed by atoms with Crippen LogP contribution in [0.2, 0.25) is 0 Å². The molecule has 1 aromatic heterocycles. The SMILES string of the molecule is N#Cc1cccc(-c2cc(C(=O)O)co2)c1. The number of rotatable bonds is 2. The first-order valence-electron chi connectivity index (χ1n) is 4.53. The molecule has 0 spiro atoms. The van der Waals surface area contributed by atoms with Crippen LogP contribution in [0.1, 0.15) is 15.9 Å². The van der Waals surface area contributed by atoms with Crippen molar-refractivity contribution in [2.45, 2.75) is 0 Å². The molecule has 0 saturated carbocycles. The van der Waals surface area contributed by atoms with Crippen LogP contribution in [0.25, 0.3) is 11.3 Å². The van der Waals surface area contributed by atoms with Crippen molar-refractivity contribution >= 4 is 5.97 Å². The highest BCUT2D eigenvalue weighted by Crippen LogP contribution is 2.22. The number of furan rings is 1. The van der Waals surface area contributed by atoms with Gasteiger partial charge in [0.15, 0.2) is 0 Å². The molecule has 2 rings (SSSR count). The van der Waals surface area contributed by atoms with E-state index in [-0.39, 0.29) is 5.56 Å². The minimum absolute atomic E-state index is 0.0948. The minimum atomic E-state index is -1.04. The standard InChI is InChI=1S/C12H7NO3/c13-6-8-2-1-3-9(4-8)11-5-10(7-16-11)12(14)15/h1-5,7H,(H,14,15). The van der Waals surface area contributed by atoms with Crippen LogP contribution in [0.5, 0.6) is 0 Å². The van der Waals surface area contributed by atoms with Crippen molar-refractivity contribution in [3.05, 3.63) is 47.7 Å². The zero-order chi connectivity index (χ0) is 11.5. The van der Waals surface area contributed by atoms with Gasteiger partial charge in [-0.1, -0.05) is 12.1 Å². The summed E-state index contributed by atoms with van der Waals surface area (Å²) in [4.78, 5) is 10.7. The molecular formula is C12H7NO3. The molecule has 0 aliphatic heterocycles. The normalized spacial score (nSPS) is 9.69. The number of carboxylic acid groups (broad SMARTS) is 1. The predicted octanol–water partition coefficient (Wildman–Crippen LogP) is 2.52. The van der Waals surface area contributed by atoms with E-state index < -0.39 is 5.97 Å². The Labute approximate surface area is 91.4 Å². The number of hydrogen-bond acceptors (Lipinski definition) is 3. The van der Waals surface area contributed by atoms with Gasteiger partial charge >= 0.3 is 5.97 Å². The highest BCUT2D eigenvalue weighted by Gasteiger charge is 2.09. The third-order valence-corrected chi connectivity index (χ3v) is 2.12. The molecule has 0 unspecified atom stereocenters. The lowest BCUT2D eigenvalue weighted by Crippen LogP contribution is -1.91. The molecule has 16 heavy (non-hydrogen) atoms. The molecule has 4 heteroatoms. The summed E-state index contributed by atoms with van der Waals surface area (Å²) < 4.78 is 5.12. The van der Waals surface area contributed by atoms with E-state index in [0.29, 0.717) is 16.9 Å². The lowest BCUT2D eigenvalue weighted by Gasteiger charge is -1.95. The monoisotopic (exact) mass is 213 g/mol. The summed E-state index contributed by atoms with van der Waals surface area (Å²) in [6.07, 6.45) is 1.18. The molecule has 2 aromatic rings. The molecule has 0 aliphatic carbocycles. The van der Waals surface area contributed by atoms with Crippen LogP contribution >= 0.6 is 0 Å². The number of hydrogen-bond donors (Lipinski definition) is 1. The zero-order valence-corrected chi connectivity index (χ0v) is 8.18. The second-order valence-corrected chi connectivity index (χ2v) is 3.20. The van der Waals surface area contributed by atoms with E-state index in [4.69, 9.17) is 14.8 Å². The Morgan fingerprint density at radius 2 is 2.19 bits per heavy atom. The highest BCUT2D eigenvalue weighted by molar-refractivity contribution is 5.88. The molecule has 0 atom stereocenters. The van der Waals surface area contributed by atoms with Gasteiger partial charge < -0.3 is 9.52 Å². The maximum Gasteiger partial charge on any atom is 0.338 e. The zero-order valence-electron chi connectivity index (χ0n) is 8.18. The Bertz CT molecular complexity index is 578. The van der Waals surface area contributed by atoms with Crippen molar-refractivity contribution in [3.8, 4) is 17.4 Å². The molecule has 4 nitrogen and oxygen atoms in total. The van der Waals surface area contributed by atoms with Gasteiger partial charge in [0.25, 0.3) is 0 Å². The molecule has 0 saturated heterocycles. The van der Waals surface area contributed by atoms with Gasteiger partial charge in [-0.3, -0.25) is 0 Å². The molecule has 78 valence electrons. The van der Waals surface area contributed by atoms with Crippen molar-refractivity contribution in [2.24, 2.45) is 0 Å². The predicted molar refractivity (Wildman–Crippen MR) is 55.8 cm³/mol. The van der Waals surface area contributed by atoms with Crippen LogP contribution in [0, 0.1) is 11.3 Å². The summed E-state index contributed by atoms with van der Waals surface area (Å²) in [6.45, 7) is 0. The van der Waals surface area contributed by atoms with Gasteiger partial charge in [0.1, 0.15) is 12.0 Å². The number of aromatic carboxylic acids is 1. The van der Waals surface area contributed by atoms with Crippen LogP contribution in [0.4, 0.5) is 0 Å². The van der Waals surface area contributed by atoms with E-state index in [1.165, 1.54) is 12.3 Å². The van der Waals surface area contributed by atoms with E-state index in [2.05, 4.69) is 0 Å². The third-order valence-electron chi connectivity index (χ3n) is 2.12. The molecule has 0 aliphatic rings. The third kappa shape index (κ3) is 1.79. The number of nitriles is 1. The summed E-state index contributed by atoms with van der Waals surface area (Å²) >= 11 is 0. The maximum absolute atomic E-state index is 10.7. The van der Waals surface area contributed by atoms with Gasteiger partial charge in [-0.05, 0) is 18.2 Å². The first-order chi connectivity index (χ1) is 7.70. The van der Waals surface area contributed by atoms with Crippen molar-refractivity contribution in [3.63, 3.8) is 0 Å². The van der Waals surface area contributed by atoms with E-state index in [1.54, 1.807) is 24.3 Å². The van der Waals surface area contributed by atoms with E-state index in [0.717, 1.165) is 0 Å². The summed E-state index contributed by atoms with van der Waals surface area (Å²) in [7, 11) is 0. The Morgan fingerprint density at radius 1 is 1.38 bits per heavy atom. The van der Waals surface area contributed by atoms with E-state index >= 15 is 0 Å². The number of carboxylic acids is 1. The highest BCUT2D eigenvalue weighted by atomic mass is 16.4. The fraction of sp³-hybridized carbons (Fsp3) is 0. The summed E-state index contributed by atoms with van der Waals surface area (Å²) in [5, 5.41) is 17.5. The second-order valence-electron chi connectivity index (χ2n) is 3.20. The molecular weight excluding hydrogens is 206 g/mol. The minimum Gasteiger partial charge on any atom is -0.478 e. The van der Waals surface area contributed by atoms with Crippen molar-refractivity contribution in [2.75, 3.05) is 0 Å². The number of carbonyl (C=O) groups is 1. The van der Waals surface area contributed by atoms with Gasteiger partial charge in [-0.15, -0.1) is 0 Å². The average Bonchev–Trinajstić information content (AvgIpc) is 2.78. The fourth-order valence-corrected chi connectivity index (χ4v) is 1.34. The lowest BCUT2D eigenvalue weighted by molar-refractivity contribution is 0.0696. The number of nitrogens with zero attached hydrogens (tertiary/aromatic N) is 1. The van der Waals surface area contributed by atoms with Crippen molar-refractivity contribution in [1.82, 2.24) is 0 Å². The number of benzene rings is 1. The van der Waals surface area contributed by atoms with Crippen LogP contribution in [-0.2, 0) is 0 Å². The first kappa shape index (κ1) is 9.99. The molecule has 0 amide bonds. The average molecular weight is 213 g/mol. The molecule has 0 radical (unpaired) electrons. The Hall–Kier alpha value is -2.54. The summed E-state index contributed by atoms with van der Waals surface area (Å²) in [6, 6.07) is 10.2. The van der Waals surface area contributed by atoms with Crippen LogP contribution in [-0.4, -0.2) is 11.1 Å². The van der Waals surface area contributed by atoms with Crippen molar-refractivity contribution in [1.29, 1.82) is 5.26 Å². The largest absolute Gasteiger partial charge is 0.478 e. The Balaban J connectivity index is 2.43. The molecule has 1 aromatic carbocycles. The summed E-state index contributed by atoms with van der Waals surface area (Å²) in [5.41, 5.74) is 1.29. The van der Waals surface area contributed by atoms with Gasteiger partial charge in [-0.25, -0.2) is 4.79 Å². The van der Waals surface area contributed by atoms with E-state index in [1.807, 2.05) is 6.07 Å². The smallest absolute Gasteiger partial charge is 0.338 e.